The normalized spacial score (nSPS) is 22.6. The van der Waals surface area contributed by atoms with Crippen molar-refractivity contribution in [3.05, 3.63) is 30.1 Å². The molecule has 21 heavy (non-hydrogen) atoms. The number of amides is 3. The van der Waals surface area contributed by atoms with Crippen molar-refractivity contribution in [2.75, 3.05) is 6.54 Å². The third-order valence-electron chi connectivity index (χ3n) is 4.40. The molecule has 1 saturated heterocycles. The van der Waals surface area contributed by atoms with E-state index in [0.29, 0.717) is 18.4 Å². The summed E-state index contributed by atoms with van der Waals surface area (Å²) in [5.41, 5.74) is 5.29. The Balaban J connectivity index is 2.29. The number of urea groups is 1. The minimum absolute atomic E-state index is 0.223. The smallest absolute Gasteiger partial charge is 0.324 e. The number of hydrogen-bond acceptors (Lipinski definition) is 4. The number of hydrogen-bond donors (Lipinski definition) is 2. The molecule has 114 valence electrons. The van der Waals surface area contributed by atoms with Crippen molar-refractivity contribution in [1.82, 2.24) is 15.2 Å². The number of rotatable bonds is 5. The predicted molar refractivity (Wildman–Crippen MR) is 79.3 cm³/mol. The van der Waals surface area contributed by atoms with Gasteiger partial charge in [-0.3, -0.25) is 14.7 Å². The molecule has 1 fully saturated rings. The van der Waals surface area contributed by atoms with Gasteiger partial charge in [0, 0.05) is 30.0 Å². The first kappa shape index (κ1) is 15.4. The first-order valence-corrected chi connectivity index (χ1v) is 7.20. The number of imide groups is 1. The molecule has 0 spiro atoms. The third-order valence-corrected chi connectivity index (χ3v) is 4.40. The van der Waals surface area contributed by atoms with E-state index >= 15 is 0 Å². The maximum atomic E-state index is 12.7. The lowest BCUT2D eigenvalue weighted by atomic mass is 9.91. The highest BCUT2D eigenvalue weighted by atomic mass is 16.2. The van der Waals surface area contributed by atoms with E-state index in [1.54, 1.807) is 31.5 Å². The van der Waals surface area contributed by atoms with Crippen LogP contribution in [0.4, 0.5) is 4.79 Å². The van der Waals surface area contributed by atoms with Crippen LogP contribution in [-0.4, -0.2) is 33.9 Å². The second-order valence-electron chi connectivity index (χ2n) is 5.76. The molecule has 0 bridgehead atoms. The van der Waals surface area contributed by atoms with Gasteiger partial charge in [-0.25, -0.2) is 4.79 Å². The molecule has 0 aromatic carbocycles. The number of nitrogens with two attached hydrogens (primary N) is 1. The molecule has 1 aromatic heterocycles. The van der Waals surface area contributed by atoms with E-state index in [9.17, 15) is 9.59 Å². The van der Waals surface area contributed by atoms with Crippen molar-refractivity contribution in [2.24, 2.45) is 5.73 Å². The fourth-order valence-corrected chi connectivity index (χ4v) is 2.48. The van der Waals surface area contributed by atoms with Crippen LogP contribution in [-0.2, 0) is 10.3 Å². The molecule has 1 aliphatic rings. The van der Waals surface area contributed by atoms with Gasteiger partial charge in [0.15, 0.2) is 0 Å². The molecule has 6 nitrogen and oxygen atoms in total. The summed E-state index contributed by atoms with van der Waals surface area (Å²) >= 11 is 0. The molecule has 6 heteroatoms. The van der Waals surface area contributed by atoms with Gasteiger partial charge in [0.25, 0.3) is 5.91 Å². The Morgan fingerprint density at radius 2 is 2.05 bits per heavy atom. The first-order chi connectivity index (χ1) is 9.86. The van der Waals surface area contributed by atoms with Crippen LogP contribution in [0.1, 0.15) is 39.2 Å². The van der Waals surface area contributed by atoms with Crippen molar-refractivity contribution in [2.45, 2.75) is 44.7 Å². The Morgan fingerprint density at radius 1 is 1.38 bits per heavy atom. The average molecular weight is 290 g/mol. The molecule has 3 N–H and O–H groups in total. The Bertz CT molecular complexity index is 542. The lowest BCUT2D eigenvalue weighted by Gasteiger charge is -2.30. The van der Waals surface area contributed by atoms with Crippen molar-refractivity contribution in [3.8, 4) is 0 Å². The predicted octanol–water partition coefficient (Wildman–Crippen LogP) is 1.37. The second kappa shape index (κ2) is 5.44. The highest BCUT2D eigenvalue weighted by molar-refractivity contribution is 6.07. The number of carbonyl (C=O) groups is 2. The average Bonchev–Trinajstić information content (AvgIpc) is 2.72. The van der Waals surface area contributed by atoms with Crippen LogP contribution >= 0.6 is 0 Å². The number of nitrogens with zero attached hydrogens (tertiary/aromatic N) is 2. The summed E-state index contributed by atoms with van der Waals surface area (Å²) in [7, 11) is 0. The lowest BCUT2D eigenvalue weighted by Crippen LogP contribution is -2.51. The Kier molecular flexibility index (Phi) is 4.00. The van der Waals surface area contributed by atoms with Gasteiger partial charge in [-0.1, -0.05) is 19.9 Å². The van der Waals surface area contributed by atoms with E-state index in [1.165, 1.54) is 4.90 Å². The van der Waals surface area contributed by atoms with Crippen molar-refractivity contribution < 1.29 is 9.59 Å². The van der Waals surface area contributed by atoms with Crippen LogP contribution in [0.2, 0.25) is 0 Å². The highest BCUT2D eigenvalue weighted by Crippen LogP contribution is 2.29. The fraction of sp³-hybridized carbons (Fsp3) is 0.533. The molecule has 1 aromatic rings. The first-order valence-electron chi connectivity index (χ1n) is 7.20. The number of pyridine rings is 1. The fourth-order valence-electron chi connectivity index (χ4n) is 2.48. The van der Waals surface area contributed by atoms with E-state index in [2.05, 4.69) is 10.3 Å². The quantitative estimate of drug-likeness (QED) is 0.802. The maximum absolute atomic E-state index is 12.7. The van der Waals surface area contributed by atoms with Gasteiger partial charge in [-0.05, 0) is 25.8 Å². The molecule has 3 amide bonds. The zero-order valence-corrected chi connectivity index (χ0v) is 12.7. The van der Waals surface area contributed by atoms with Crippen LogP contribution < -0.4 is 11.1 Å². The van der Waals surface area contributed by atoms with Crippen molar-refractivity contribution >= 4 is 11.9 Å². The molecular formula is C15H22N4O2. The summed E-state index contributed by atoms with van der Waals surface area (Å²) < 4.78 is 0. The number of carbonyl (C=O) groups excluding carboxylic acids is 2. The standard InChI is InChI=1S/C15H22N4O2/c1-4-15(16,5-2)10-19-12(20)14(3,18-13(19)21)11-7-6-8-17-9-11/h6-9H,4-5,10,16H2,1-3H3,(H,18,21). The van der Waals surface area contributed by atoms with Gasteiger partial charge in [0.05, 0.1) is 0 Å². The maximum Gasteiger partial charge on any atom is 0.325 e. The largest absolute Gasteiger partial charge is 0.325 e. The second-order valence-corrected chi connectivity index (χ2v) is 5.76. The SMILES string of the molecule is CCC(N)(CC)CN1C(=O)NC(C)(c2cccnc2)C1=O. The van der Waals surface area contributed by atoms with Gasteiger partial charge in [-0.2, -0.15) is 0 Å². The van der Waals surface area contributed by atoms with Gasteiger partial charge in [-0.15, -0.1) is 0 Å². The summed E-state index contributed by atoms with van der Waals surface area (Å²) in [6.45, 7) is 5.84. The highest BCUT2D eigenvalue weighted by Gasteiger charge is 2.50. The van der Waals surface area contributed by atoms with Crippen LogP contribution in [0.5, 0.6) is 0 Å². The van der Waals surface area contributed by atoms with E-state index < -0.39 is 17.1 Å². The van der Waals surface area contributed by atoms with E-state index in [4.69, 9.17) is 5.73 Å². The van der Waals surface area contributed by atoms with Crippen LogP contribution in [0.15, 0.2) is 24.5 Å². The Morgan fingerprint density at radius 3 is 2.57 bits per heavy atom. The minimum atomic E-state index is -1.08. The van der Waals surface area contributed by atoms with Crippen LogP contribution in [0.25, 0.3) is 0 Å². The van der Waals surface area contributed by atoms with Gasteiger partial charge in [0.1, 0.15) is 5.54 Å². The molecule has 1 atom stereocenters. The molecule has 2 rings (SSSR count). The van der Waals surface area contributed by atoms with Gasteiger partial charge in [0.2, 0.25) is 0 Å². The molecule has 0 saturated carbocycles. The van der Waals surface area contributed by atoms with Gasteiger partial charge < -0.3 is 11.1 Å². The van der Waals surface area contributed by atoms with Gasteiger partial charge >= 0.3 is 6.03 Å². The van der Waals surface area contributed by atoms with Crippen molar-refractivity contribution in [3.63, 3.8) is 0 Å². The number of nitrogens with one attached hydrogen (secondary N) is 1. The summed E-state index contributed by atoms with van der Waals surface area (Å²) in [6, 6.07) is 3.13. The molecule has 1 aliphatic heterocycles. The van der Waals surface area contributed by atoms with E-state index in [0.717, 1.165) is 0 Å². The molecule has 1 unspecified atom stereocenters. The molecule has 0 aliphatic carbocycles. The van der Waals surface area contributed by atoms with E-state index in [-0.39, 0.29) is 12.5 Å². The summed E-state index contributed by atoms with van der Waals surface area (Å²) in [5, 5.41) is 2.76. The topological polar surface area (TPSA) is 88.3 Å². The molecular weight excluding hydrogens is 268 g/mol. The lowest BCUT2D eigenvalue weighted by molar-refractivity contribution is -0.131. The zero-order valence-electron chi connectivity index (χ0n) is 12.7. The summed E-state index contributed by atoms with van der Waals surface area (Å²) in [6.07, 6.45) is 4.62. The monoisotopic (exact) mass is 290 g/mol. The van der Waals surface area contributed by atoms with Crippen LogP contribution in [0, 0.1) is 0 Å². The van der Waals surface area contributed by atoms with E-state index in [1.807, 2.05) is 13.8 Å². The van der Waals surface area contributed by atoms with Crippen molar-refractivity contribution in [1.29, 1.82) is 0 Å². The summed E-state index contributed by atoms with van der Waals surface area (Å²) in [4.78, 5) is 30.1. The zero-order chi connectivity index (χ0) is 15.7. The molecule has 2 heterocycles. The number of aromatic nitrogens is 1. The molecule has 0 radical (unpaired) electrons. The summed E-state index contributed by atoms with van der Waals surface area (Å²) in [5.74, 6) is -0.280. The van der Waals surface area contributed by atoms with Crippen LogP contribution in [0.3, 0.4) is 0 Å². The Labute approximate surface area is 124 Å². The third kappa shape index (κ3) is 2.63. The Hall–Kier alpha value is -1.95. The minimum Gasteiger partial charge on any atom is -0.324 e.